The Balaban J connectivity index is 2.66. The quantitative estimate of drug-likeness (QED) is 0.848. The molecule has 1 amide bonds. The molecule has 4 heteroatoms. The highest BCUT2D eigenvalue weighted by Gasteiger charge is 2.20. The summed E-state index contributed by atoms with van der Waals surface area (Å²) >= 11 is 0. The molecule has 0 aliphatic rings. The Hall–Kier alpha value is -1.71. The summed E-state index contributed by atoms with van der Waals surface area (Å²) in [6.07, 6.45) is 0.323. The number of nitrogens with one attached hydrogen (secondary N) is 1. The Kier molecular flexibility index (Phi) is 5.21. The summed E-state index contributed by atoms with van der Waals surface area (Å²) in [6.45, 7) is 7.60. The Morgan fingerprint density at radius 3 is 2.37 bits per heavy atom. The van der Waals surface area contributed by atoms with Gasteiger partial charge in [0.05, 0.1) is 0 Å². The zero-order chi connectivity index (χ0) is 14.5. The number of hydrogen-bond donors (Lipinski definition) is 1. The maximum Gasteiger partial charge on any atom is 0.409 e. The van der Waals surface area contributed by atoms with Crippen LogP contribution in [-0.4, -0.2) is 24.9 Å². The van der Waals surface area contributed by atoms with E-state index in [1.807, 2.05) is 70.0 Å². The van der Waals surface area contributed by atoms with Gasteiger partial charge in [-0.2, -0.15) is 0 Å². The number of nitrogens with zero attached hydrogens (tertiary/aromatic N) is 1. The van der Waals surface area contributed by atoms with E-state index in [4.69, 9.17) is 4.74 Å². The minimum absolute atomic E-state index is 0.0859. The van der Waals surface area contributed by atoms with E-state index in [0.29, 0.717) is 0 Å². The van der Waals surface area contributed by atoms with Crippen LogP contribution in [0.15, 0.2) is 30.3 Å². The molecule has 0 aromatic heterocycles. The van der Waals surface area contributed by atoms with Crippen molar-refractivity contribution in [2.75, 3.05) is 11.9 Å². The highest BCUT2D eigenvalue weighted by atomic mass is 16.6. The Bertz CT molecular complexity index is 398. The van der Waals surface area contributed by atoms with Gasteiger partial charge in [-0.25, -0.2) is 4.79 Å². The van der Waals surface area contributed by atoms with Gasteiger partial charge >= 0.3 is 6.09 Å². The van der Waals surface area contributed by atoms with Gasteiger partial charge in [0.1, 0.15) is 11.8 Å². The zero-order valence-corrected chi connectivity index (χ0v) is 12.4. The minimum Gasteiger partial charge on any atom is -0.444 e. The van der Waals surface area contributed by atoms with Crippen molar-refractivity contribution in [1.82, 2.24) is 5.32 Å². The molecular formula is C15H24N2O2. The lowest BCUT2D eigenvalue weighted by atomic mass is 10.2. The van der Waals surface area contributed by atoms with E-state index in [1.165, 1.54) is 0 Å². The summed E-state index contributed by atoms with van der Waals surface area (Å²) in [5.74, 6) is 0. The highest BCUT2D eigenvalue weighted by molar-refractivity contribution is 5.68. The van der Waals surface area contributed by atoms with Crippen molar-refractivity contribution >= 4 is 11.8 Å². The van der Waals surface area contributed by atoms with E-state index in [-0.39, 0.29) is 12.3 Å². The van der Waals surface area contributed by atoms with Crippen LogP contribution in [0, 0.1) is 0 Å². The summed E-state index contributed by atoms with van der Waals surface area (Å²) in [5.41, 5.74) is 0.582. The van der Waals surface area contributed by atoms with Crippen molar-refractivity contribution < 1.29 is 9.53 Å². The van der Waals surface area contributed by atoms with Gasteiger partial charge in [-0.15, -0.1) is 0 Å². The van der Waals surface area contributed by atoms with Crippen molar-refractivity contribution in [2.45, 2.75) is 45.9 Å². The van der Waals surface area contributed by atoms with Gasteiger partial charge < -0.3 is 15.0 Å². The lowest BCUT2D eigenvalue weighted by molar-refractivity contribution is 0.0503. The average Bonchev–Trinajstić information content (AvgIpc) is 2.34. The fraction of sp³-hybridized carbons (Fsp3) is 0.533. The van der Waals surface area contributed by atoms with Crippen LogP contribution in [0.4, 0.5) is 10.5 Å². The number of carbonyl (C=O) groups is 1. The lowest BCUT2D eigenvalue weighted by Gasteiger charge is -2.31. The number of benzene rings is 1. The molecule has 0 bridgehead atoms. The summed E-state index contributed by atoms with van der Waals surface area (Å²) in [4.78, 5) is 13.8. The van der Waals surface area contributed by atoms with E-state index in [1.54, 1.807) is 0 Å². The Morgan fingerprint density at radius 2 is 1.89 bits per heavy atom. The Morgan fingerprint density at radius 1 is 1.32 bits per heavy atom. The molecule has 106 valence electrons. The molecule has 0 heterocycles. The number of rotatable bonds is 4. The first-order valence-electron chi connectivity index (χ1n) is 6.61. The number of para-hydroxylation sites is 1. The van der Waals surface area contributed by atoms with Gasteiger partial charge in [0.15, 0.2) is 0 Å². The van der Waals surface area contributed by atoms with Crippen LogP contribution in [0.25, 0.3) is 0 Å². The van der Waals surface area contributed by atoms with Crippen molar-refractivity contribution in [3.8, 4) is 0 Å². The second-order valence-corrected chi connectivity index (χ2v) is 5.52. The van der Waals surface area contributed by atoms with Gasteiger partial charge in [-0.1, -0.05) is 25.1 Å². The second kappa shape index (κ2) is 6.45. The summed E-state index contributed by atoms with van der Waals surface area (Å²) in [5, 5.41) is 2.89. The molecule has 4 nitrogen and oxygen atoms in total. The number of anilines is 1. The molecule has 1 rings (SSSR count). The molecule has 0 spiro atoms. The number of hydrogen-bond acceptors (Lipinski definition) is 3. The van der Waals surface area contributed by atoms with Crippen LogP contribution in [0.3, 0.4) is 0 Å². The van der Waals surface area contributed by atoms with Gasteiger partial charge in [-0.3, -0.25) is 0 Å². The fourth-order valence-corrected chi connectivity index (χ4v) is 1.76. The first-order chi connectivity index (χ1) is 8.83. The largest absolute Gasteiger partial charge is 0.444 e. The smallest absolute Gasteiger partial charge is 0.409 e. The average molecular weight is 264 g/mol. The van der Waals surface area contributed by atoms with Crippen LogP contribution in [0.5, 0.6) is 0 Å². The number of alkyl carbamates (subject to hydrolysis) is 1. The highest BCUT2D eigenvalue weighted by Crippen LogP contribution is 2.15. The molecule has 0 saturated carbocycles. The number of amides is 1. The zero-order valence-electron chi connectivity index (χ0n) is 12.4. The van der Waals surface area contributed by atoms with E-state index < -0.39 is 5.60 Å². The van der Waals surface area contributed by atoms with Gasteiger partial charge in [0.2, 0.25) is 0 Å². The molecule has 0 radical (unpaired) electrons. The third kappa shape index (κ3) is 5.20. The minimum atomic E-state index is -0.478. The molecule has 0 saturated heterocycles. The van der Waals surface area contributed by atoms with Crippen LogP contribution in [0.1, 0.15) is 34.1 Å². The van der Waals surface area contributed by atoms with Crippen molar-refractivity contribution in [3.05, 3.63) is 30.3 Å². The third-order valence-electron chi connectivity index (χ3n) is 2.70. The van der Waals surface area contributed by atoms with E-state index in [2.05, 4.69) is 5.32 Å². The molecule has 1 unspecified atom stereocenters. The van der Waals surface area contributed by atoms with Gasteiger partial charge in [0.25, 0.3) is 0 Å². The summed E-state index contributed by atoms with van der Waals surface area (Å²) < 4.78 is 5.28. The first kappa shape index (κ1) is 15.3. The van der Waals surface area contributed by atoms with Crippen molar-refractivity contribution in [1.29, 1.82) is 0 Å². The van der Waals surface area contributed by atoms with Crippen LogP contribution >= 0.6 is 0 Å². The molecule has 0 aliphatic heterocycles. The fourth-order valence-electron chi connectivity index (χ4n) is 1.76. The normalized spacial score (nSPS) is 12.7. The number of ether oxygens (including phenoxy) is 1. The monoisotopic (exact) mass is 264 g/mol. The Labute approximate surface area is 115 Å². The maximum absolute atomic E-state index is 11.8. The molecule has 1 atom stereocenters. The molecule has 0 aliphatic carbocycles. The molecular weight excluding hydrogens is 240 g/mol. The molecule has 1 aromatic rings. The first-order valence-corrected chi connectivity index (χ1v) is 6.61. The van der Waals surface area contributed by atoms with E-state index >= 15 is 0 Å². The predicted molar refractivity (Wildman–Crippen MR) is 78.3 cm³/mol. The summed E-state index contributed by atoms with van der Waals surface area (Å²) in [6, 6.07) is 9.95. The second-order valence-electron chi connectivity index (χ2n) is 5.52. The maximum atomic E-state index is 11.8. The standard InChI is InChI=1S/C15H24N2O2/c1-6-13(16-14(18)19-15(2,3)4)17(5)12-10-8-7-9-11-12/h7-11,13H,6H2,1-5H3,(H,16,18). The van der Waals surface area contributed by atoms with Crippen LogP contribution in [0.2, 0.25) is 0 Å². The van der Waals surface area contributed by atoms with Crippen molar-refractivity contribution in [2.24, 2.45) is 0 Å². The number of carbonyl (C=O) groups excluding carboxylic acids is 1. The van der Waals surface area contributed by atoms with E-state index in [9.17, 15) is 4.79 Å². The SMILES string of the molecule is CCC(NC(=O)OC(C)(C)C)N(C)c1ccccc1. The summed E-state index contributed by atoms with van der Waals surface area (Å²) in [7, 11) is 1.96. The molecule has 0 fully saturated rings. The van der Waals surface area contributed by atoms with Gasteiger partial charge in [0, 0.05) is 12.7 Å². The molecule has 1 aromatic carbocycles. The van der Waals surface area contributed by atoms with Crippen LogP contribution < -0.4 is 10.2 Å². The van der Waals surface area contributed by atoms with Crippen LogP contribution in [-0.2, 0) is 4.74 Å². The van der Waals surface area contributed by atoms with Gasteiger partial charge in [-0.05, 0) is 39.3 Å². The lowest BCUT2D eigenvalue weighted by Crippen LogP contribution is -2.47. The molecule has 19 heavy (non-hydrogen) atoms. The third-order valence-corrected chi connectivity index (χ3v) is 2.70. The topological polar surface area (TPSA) is 41.6 Å². The van der Waals surface area contributed by atoms with Crippen molar-refractivity contribution in [3.63, 3.8) is 0 Å². The predicted octanol–water partition coefficient (Wildman–Crippen LogP) is 3.38. The van der Waals surface area contributed by atoms with E-state index in [0.717, 1.165) is 12.1 Å². The molecule has 1 N–H and O–H groups in total.